The number of carbonyl (C=O) groups excluding carboxylic acids is 3. The number of hydrogen-bond acceptors (Lipinski definition) is 8. The van der Waals surface area contributed by atoms with E-state index in [1.807, 2.05) is 46.7 Å². The molecule has 0 spiro atoms. The van der Waals surface area contributed by atoms with Gasteiger partial charge in [0.2, 0.25) is 11.8 Å². The fourth-order valence-electron chi connectivity index (χ4n) is 3.72. The third-order valence-electron chi connectivity index (χ3n) is 7.08. The number of esters is 1. The second kappa shape index (κ2) is 14.0. The summed E-state index contributed by atoms with van der Waals surface area (Å²) in [6.07, 6.45) is 0.844. The number of likely N-dealkylation sites (N-methyl/N-ethyl adjacent to an activating group) is 2. The smallest absolute Gasteiger partial charge is 0.357 e. The van der Waals surface area contributed by atoms with Crippen LogP contribution in [-0.2, 0) is 19.1 Å². The van der Waals surface area contributed by atoms with Crippen LogP contribution < -0.4 is 5.32 Å². The normalized spacial score (nSPS) is 15.4. The standard InChI is InChI=1S/C26H46N4O5S/c1-12-17(5)21(28-25(33)26(6,7)29(8)9)23(31)30(10)19(16(3)4)14-20(34-11)22-27-18(15-36-22)24(32)35-13-2/h15-17,19-21H,12-14H2,1-11H3,(H,28,33)/t17-,19+,20+,21-/m0/s1. The summed E-state index contributed by atoms with van der Waals surface area (Å²) in [5.74, 6) is -0.709. The van der Waals surface area contributed by atoms with Gasteiger partial charge in [-0.1, -0.05) is 34.1 Å². The molecule has 4 atom stereocenters. The van der Waals surface area contributed by atoms with Crippen LogP contribution in [0.5, 0.6) is 0 Å². The molecule has 10 heteroatoms. The van der Waals surface area contributed by atoms with E-state index >= 15 is 0 Å². The highest BCUT2D eigenvalue weighted by atomic mass is 32.1. The lowest BCUT2D eigenvalue weighted by atomic mass is 9.92. The lowest BCUT2D eigenvalue weighted by Crippen LogP contribution is -2.60. The van der Waals surface area contributed by atoms with Gasteiger partial charge in [0.15, 0.2) is 5.69 Å². The van der Waals surface area contributed by atoms with Gasteiger partial charge in [-0.3, -0.25) is 14.5 Å². The highest BCUT2D eigenvalue weighted by molar-refractivity contribution is 7.09. The van der Waals surface area contributed by atoms with Gasteiger partial charge in [-0.25, -0.2) is 9.78 Å². The maximum Gasteiger partial charge on any atom is 0.357 e. The summed E-state index contributed by atoms with van der Waals surface area (Å²) in [6, 6.07) is -0.827. The summed E-state index contributed by atoms with van der Waals surface area (Å²) in [6.45, 7) is 13.8. The lowest BCUT2D eigenvalue weighted by Gasteiger charge is -2.38. The van der Waals surface area contributed by atoms with Crippen molar-refractivity contribution in [1.29, 1.82) is 0 Å². The summed E-state index contributed by atoms with van der Waals surface area (Å²) in [7, 11) is 7.07. The number of aromatic nitrogens is 1. The summed E-state index contributed by atoms with van der Waals surface area (Å²) in [5, 5.41) is 5.35. The summed E-state index contributed by atoms with van der Waals surface area (Å²) in [4.78, 5) is 46.9. The molecule has 1 aromatic rings. The molecule has 1 heterocycles. The van der Waals surface area contributed by atoms with Gasteiger partial charge in [-0.05, 0) is 46.7 Å². The Bertz CT molecular complexity index is 870. The predicted molar refractivity (Wildman–Crippen MR) is 143 cm³/mol. The topological polar surface area (TPSA) is 101 Å². The van der Waals surface area contributed by atoms with E-state index < -0.39 is 23.7 Å². The van der Waals surface area contributed by atoms with Gasteiger partial charge in [-0.15, -0.1) is 11.3 Å². The number of rotatable bonds is 14. The Kier molecular flexibility index (Phi) is 12.5. The maximum atomic E-state index is 13.8. The molecule has 36 heavy (non-hydrogen) atoms. The van der Waals surface area contributed by atoms with Crippen LogP contribution >= 0.6 is 11.3 Å². The van der Waals surface area contributed by atoms with Crippen LogP contribution in [0.1, 0.15) is 82.9 Å². The van der Waals surface area contributed by atoms with Crippen molar-refractivity contribution in [3.05, 3.63) is 16.1 Å². The molecule has 1 N–H and O–H groups in total. The average molecular weight is 527 g/mol. The van der Waals surface area contributed by atoms with Gasteiger partial charge in [-0.2, -0.15) is 0 Å². The van der Waals surface area contributed by atoms with Crippen LogP contribution in [0.3, 0.4) is 0 Å². The highest BCUT2D eigenvalue weighted by Crippen LogP contribution is 2.30. The first-order valence-electron chi connectivity index (χ1n) is 12.6. The molecule has 0 radical (unpaired) electrons. The van der Waals surface area contributed by atoms with E-state index in [0.717, 1.165) is 6.42 Å². The van der Waals surface area contributed by atoms with Crippen molar-refractivity contribution in [3.63, 3.8) is 0 Å². The molecule has 0 fully saturated rings. The van der Waals surface area contributed by atoms with Gasteiger partial charge in [0.05, 0.1) is 12.1 Å². The molecule has 0 bridgehead atoms. The van der Waals surface area contributed by atoms with Gasteiger partial charge in [0, 0.05) is 32.0 Å². The molecule has 0 saturated heterocycles. The van der Waals surface area contributed by atoms with Crippen LogP contribution in [0.4, 0.5) is 0 Å². The van der Waals surface area contributed by atoms with E-state index in [1.165, 1.54) is 11.3 Å². The molecule has 206 valence electrons. The second-order valence-corrected chi connectivity index (χ2v) is 11.2. The first-order chi connectivity index (χ1) is 16.7. The fourth-order valence-corrected chi connectivity index (χ4v) is 4.59. The average Bonchev–Trinajstić information content (AvgIpc) is 3.31. The van der Waals surface area contributed by atoms with Gasteiger partial charge >= 0.3 is 5.97 Å². The molecule has 1 rings (SSSR count). The van der Waals surface area contributed by atoms with E-state index in [9.17, 15) is 14.4 Å². The quantitative estimate of drug-likeness (QED) is 0.369. The van der Waals surface area contributed by atoms with Gasteiger partial charge in [0.1, 0.15) is 17.2 Å². The SMILES string of the molecule is CCOC(=O)c1csc([C@@H](C[C@H](C(C)C)N(C)C(=O)[C@@H](NC(=O)C(C)(C)N(C)C)[C@@H](C)CC)OC)n1. The summed E-state index contributed by atoms with van der Waals surface area (Å²) in [5.41, 5.74) is -0.502. The van der Waals surface area contributed by atoms with Crippen molar-refractivity contribution < 1.29 is 23.9 Å². The van der Waals surface area contributed by atoms with Crippen molar-refractivity contribution >= 4 is 29.1 Å². The third-order valence-corrected chi connectivity index (χ3v) is 8.01. The lowest BCUT2D eigenvalue weighted by molar-refractivity contribution is -0.142. The molecule has 9 nitrogen and oxygen atoms in total. The van der Waals surface area contributed by atoms with E-state index in [-0.39, 0.29) is 42.0 Å². The zero-order valence-corrected chi connectivity index (χ0v) is 24.7. The second-order valence-electron chi connectivity index (χ2n) is 10.3. The van der Waals surface area contributed by atoms with Crippen molar-refractivity contribution in [2.75, 3.05) is 34.9 Å². The Balaban J connectivity index is 3.17. The largest absolute Gasteiger partial charge is 0.461 e. The van der Waals surface area contributed by atoms with E-state index in [4.69, 9.17) is 9.47 Å². The van der Waals surface area contributed by atoms with Crippen molar-refractivity contribution in [2.24, 2.45) is 11.8 Å². The first kappa shape index (κ1) is 32.0. The minimum absolute atomic E-state index is 0.0426. The number of nitrogens with zero attached hydrogens (tertiary/aromatic N) is 3. The Morgan fingerprint density at radius 3 is 2.22 bits per heavy atom. The van der Waals surface area contributed by atoms with Crippen LogP contribution in [0.2, 0.25) is 0 Å². The molecule has 0 aromatic carbocycles. The highest BCUT2D eigenvalue weighted by Gasteiger charge is 2.38. The zero-order valence-electron chi connectivity index (χ0n) is 23.9. The van der Waals surface area contributed by atoms with E-state index in [2.05, 4.69) is 24.1 Å². The number of methoxy groups -OCH3 is 1. The Morgan fingerprint density at radius 1 is 1.14 bits per heavy atom. The fraction of sp³-hybridized carbons (Fsp3) is 0.769. The zero-order chi connectivity index (χ0) is 27.8. The molecule has 0 aliphatic carbocycles. The Hall–Kier alpha value is -2.04. The number of amides is 2. The molecular weight excluding hydrogens is 480 g/mol. The Morgan fingerprint density at radius 2 is 1.75 bits per heavy atom. The van der Waals surface area contributed by atoms with Crippen molar-refractivity contribution in [2.45, 2.75) is 85.0 Å². The summed E-state index contributed by atoms with van der Waals surface area (Å²) >= 11 is 1.34. The Labute approximate surface area is 220 Å². The van der Waals surface area contributed by atoms with Crippen LogP contribution in [0.25, 0.3) is 0 Å². The maximum absolute atomic E-state index is 13.8. The van der Waals surface area contributed by atoms with Gasteiger partial charge in [0.25, 0.3) is 0 Å². The molecule has 2 amide bonds. The van der Waals surface area contributed by atoms with Crippen molar-refractivity contribution in [1.82, 2.24) is 20.1 Å². The molecular formula is C26H46N4O5S. The molecule has 0 aliphatic rings. The minimum Gasteiger partial charge on any atom is -0.461 e. The molecule has 0 unspecified atom stereocenters. The number of nitrogens with one attached hydrogen (secondary N) is 1. The first-order valence-corrected chi connectivity index (χ1v) is 13.5. The molecule has 0 aliphatic heterocycles. The van der Waals surface area contributed by atoms with Crippen LogP contribution in [0, 0.1) is 11.8 Å². The number of carbonyl (C=O) groups is 3. The predicted octanol–water partition coefficient (Wildman–Crippen LogP) is 3.75. The minimum atomic E-state index is -0.759. The van der Waals surface area contributed by atoms with Crippen LogP contribution in [0.15, 0.2) is 5.38 Å². The van der Waals surface area contributed by atoms with E-state index in [0.29, 0.717) is 11.4 Å². The summed E-state index contributed by atoms with van der Waals surface area (Å²) < 4.78 is 10.8. The van der Waals surface area contributed by atoms with Crippen molar-refractivity contribution in [3.8, 4) is 0 Å². The third kappa shape index (κ3) is 7.98. The molecule has 0 saturated carbocycles. The molecule has 1 aromatic heterocycles. The number of thiazole rings is 1. The number of ether oxygens (including phenoxy) is 2. The van der Waals surface area contributed by atoms with Gasteiger partial charge < -0.3 is 19.7 Å². The number of hydrogen-bond donors (Lipinski definition) is 1. The monoisotopic (exact) mass is 526 g/mol. The van der Waals surface area contributed by atoms with E-state index in [1.54, 1.807) is 31.4 Å². The van der Waals surface area contributed by atoms with Crippen LogP contribution in [-0.4, -0.2) is 85.0 Å².